The van der Waals surface area contributed by atoms with Crippen LogP contribution in [0, 0.1) is 0 Å². The molecule has 1 heteroatoms. The standard InChI is InChI=1S/C26H28O/c1-4-25(26(5-2)23-16-18-24(27-3)19-17-23)22-14-12-21(13-15-22)20-10-8-6-7-9-11-20/h6-20H,4-5H2,1-3H3/b26-25+. The summed E-state index contributed by atoms with van der Waals surface area (Å²) >= 11 is 0. The first-order valence-corrected chi connectivity index (χ1v) is 9.75. The van der Waals surface area contributed by atoms with Crippen LogP contribution in [0.5, 0.6) is 5.75 Å². The zero-order chi connectivity index (χ0) is 19.1. The zero-order valence-electron chi connectivity index (χ0n) is 16.5. The molecule has 0 amide bonds. The van der Waals surface area contributed by atoms with Crippen molar-refractivity contribution in [1.29, 1.82) is 0 Å². The molecular formula is C26H28O. The molecule has 2 aromatic rings. The van der Waals surface area contributed by atoms with Gasteiger partial charge in [0.2, 0.25) is 0 Å². The maximum Gasteiger partial charge on any atom is 0.118 e. The molecule has 2 aromatic carbocycles. The van der Waals surface area contributed by atoms with Crippen LogP contribution in [0.2, 0.25) is 0 Å². The second-order valence-electron chi connectivity index (χ2n) is 6.70. The summed E-state index contributed by atoms with van der Waals surface area (Å²) < 4.78 is 5.30. The van der Waals surface area contributed by atoms with E-state index in [-0.39, 0.29) is 0 Å². The minimum Gasteiger partial charge on any atom is -0.497 e. The highest BCUT2D eigenvalue weighted by Gasteiger charge is 2.11. The lowest BCUT2D eigenvalue weighted by atomic mass is 9.89. The summed E-state index contributed by atoms with van der Waals surface area (Å²) in [4.78, 5) is 0. The first kappa shape index (κ1) is 19.0. The lowest BCUT2D eigenvalue weighted by molar-refractivity contribution is 0.415. The molecule has 0 aliphatic heterocycles. The SMILES string of the molecule is CC/C(=C(/CC)c1ccc(C2C=CC=CC=C2)cc1)c1ccc(OC)cc1. The van der Waals surface area contributed by atoms with Gasteiger partial charge in [0.05, 0.1) is 7.11 Å². The molecule has 3 rings (SSSR count). The molecule has 0 bridgehead atoms. The lowest BCUT2D eigenvalue weighted by Gasteiger charge is -2.16. The van der Waals surface area contributed by atoms with Crippen LogP contribution in [-0.4, -0.2) is 7.11 Å². The van der Waals surface area contributed by atoms with Gasteiger partial charge in [0.15, 0.2) is 0 Å². The zero-order valence-corrected chi connectivity index (χ0v) is 16.5. The molecule has 1 aliphatic carbocycles. The van der Waals surface area contributed by atoms with E-state index in [0.717, 1.165) is 18.6 Å². The number of hydrogen-bond donors (Lipinski definition) is 0. The predicted octanol–water partition coefficient (Wildman–Crippen LogP) is 7.19. The summed E-state index contributed by atoms with van der Waals surface area (Å²) in [6.07, 6.45) is 14.9. The average Bonchev–Trinajstić information content (AvgIpc) is 3.02. The number of allylic oxidation sites excluding steroid dienone is 8. The Balaban J connectivity index is 1.94. The predicted molar refractivity (Wildman–Crippen MR) is 117 cm³/mol. The van der Waals surface area contributed by atoms with Crippen molar-refractivity contribution in [3.05, 3.63) is 102 Å². The van der Waals surface area contributed by atoms with E-state index in [1.54, 1.807) is 7.11 Å². The minimum atomic E-state index is 0.343. The Labute approximate surface area is 163 Å². The monoisotopic (exact) mass is 356 g/mol. The van der Waals surface area contributed by atoms with E-state index in [4.69, 9.17) is 4.74 Å². The van der Waals surface area contributed by atoms with Gasteiger partial charge in [0.25, 0.3) is 0 Å². The van der Waals surface area contributed by atoms with Gasteiger partial charge in [-0.2, -0.15) is 0 Å². The fourth-order valence-electron chi connectivity index (χ4n) is 3.66. The van der Waals surface area contributed by atoms with Crippen LogP contribution < -0.4 is 4.74 Å². The Morgan fingerprint density at radius 3 is 1.63 bits per heavy atom. The molecular weight excluding hydrogens is 328 g/mol. The minimum absolute atomic E-state index is 0.343. The third-order valence-electron chi connectivity index (χ3n) is 5.12. The second kappa shape index (κ2) is 9.23. The molecule has 0 saturated heterocycles. The Hall–Kier alpha value is -2.80. The second-order valence-corrected chi connectivity index (χ2v) is 6.70. The van der Waals surface area contributed by atoms with E-state index in [1.165, 1.54) is 27.8 Å². The summed E-state index contributed by atoms with van der Waals surface area (Å²) in [6.45, 7) is 4.47. The highest BCUT2D eigenvalue weighted by molar-refractivity contribution is 5.90. The van der Waals surface area contributed by atoms with Crippen molar-refractivity contribution in [2.75, 3.05) is 7.11 Å². The van der Waals surface area contributed by atoms with Crippen molar-refractivity contribution in [3.63, 3.8) is 0 Å². The molecule has 1 nitrogen and oxygen atoms in total. The molecule has 0 saturated carbocycles. The van der Waals surface area contributed by atoms with E-state index in [9.17, 15) is 0 Å². The van der Waals surface area contributed by atoms with Gasteiger partial charge < -0.3 is 4.74 Å². The van der Waals surface area contributed by atoms with Gasteiger partial charge >= 0.3 is 0 Å². The maximum absolute atomic E-state index is 5.30. The summed E-state index contributed by atoms with van der Waals surface area (Å²) in [5, 5.41) is 0. The van der Waals surface area contributed by atoms with E-state index >= 15 is 0 Å². The van der Waals surface area contributed by atoms with Crippen molar-refractivity contribution in [2.45, 2.75) is 32.6 Å². The highest BCUT2D eigenvalue weighted by Crippen LogP contribution is 2.33. The molecule has 0 heterocycles. The summed E-state index contributed by atoms with van der Waals surface area (Å²) in [7, 11) is 1.71. The van der Waals surface area contributed by atoms with Crippen molar-refractivity contribution in [3.8, 4) is 5.75 Å². The van der Waals surface area contributed by atoms with Crippen LogP contribution in [0.1, 0.15) is 49.3 Å². The number of hydrogen-bond acceptors (Lipinski definition) is 1. The van der Waals surface area contributed by atoms with E-state index in [2.05, 4.69) is 86.7 Å². The first-order chi connectivity index (χ1) is 13.3. The molecule has 138 valence electrons. The van der Waals surface area contributed by atoms with Crippen LogP contribution in [0.3, 0.4) is 0 Å². The Bertz CT molecular complexity index is 845. The normalized spacial score (nSPS) is 14.8. The van der Waals surface area contributed by atoms with Gasteiger partial charge in [-0.3, -0.25) is 0 Å². The number of methoxy groups -OCH3 is 1. The third-order valence-corrected chi connectivity index (χ3v) is 5.12. The molecule has 0 unspecified atom stereocenters. The van der Waals surface area contributed by atoms with Gasteiger partial charge in [0, 0.05) is 5.92 Å². The highest BCUT2D eigenvalue weighted by atomic mass is 16.5. The summed E-state index contributed by atoms with van der Waals surface area (Å²) in [5.74, 6) is 1.24. The van der Waals surface area contributed by atoms with Gasteiger partial charge in [-0.1, -0.05) is 86.7 Å². The van der Waals surface area contributed by atoms with E-state index in [0.29, 0.717) is 5.92 Å². The van der Waals surface area contributed by atoms with Crippen LogP contribution in [0.4, 0.5) is 0 Å². The van der Waals surface area contributed by atoms with Crippen molar-refractivity contribution < 1.29 is 4.74 Å². The fraction of sp³-hybridized carbons (Fsp3) is 0.231. The van der Waals surface area contributed by atoms with Crippen molar-refractivity contribution >= 4 is 11.1 Å². The van der Waals surface area contributed by atoms with Crippen LogP contribution in [0.15, 0.2) is 85.0 Å². The smallest absolute Gasteiger partial charge is 0.118 e. The average molecular weight is 357 g/mol. The number of benzene rings is 2. The lowest BCUT2D eigenvalue weighted by Crippen LogP contribution is -1.95. The van der Waals surface area contributed by atoms with E-state index < -0.39 is 0 Å². The fourth-order valence-corrected chi connectivity index (χ4v) is 3.66. The van der Waals surface area contributed by atoms with Gasteiger partial charge in [-0.15, -0.1) is 0 Å². The quantitative estimate of drug-likeness (QED) is 0.498. The maximum atomic E-state index is 5.30. The van der Waals surface area contributed by atoms with Gasteiger partial charge in [-0.25, -0.2) is 0 Å². The molecule has 0 N–H and O–H groups in total. The van der Waals surface area contributed by atoms with Gasteiger partial charge in [0.1, 0.15) is 5.75 Å². The largest absolute Gasteiger partial charge is 0.497 e. The van der Waals surface area contributed by atoms with Crippen LogP contribution in [-0.2, 0) is 0 Å². The first-order valence-electron chi connectivity index (χ1n) is 9.75. The van der Waals surface area contributed by atoms with Crippen LogP contribution >= 0.6 is 0 Å². The van der Waals surface area contributed by atoms with Crippen molar-refractivity contribution in [2.24, 2.45) is 0 Å². The third kappa shape index (κ3) is 4.49. The van der Waals surface area contributed by atoms with Crippen molar-refractivity contribution in [1.82, 2.24) is 0 Å². The Morgan fingerprint density at radius 1 is 0.704 bits per heavy atom. The Kier molecular flexibility index (Phi) is 6.49. The molecule has 0 radical (unpaired) electrons. The molecule has 0 atom stereocenters. The summed E-state index contributed by atoms with van der Waals surface area (Å²) in [6, 6.07) is 17.5. The van der Waals surface area contributed by atoms with Crippen LogP contribution in [0.25, 0.3) is 11.1 Å². The molecule has 1 aliphatic rings. The van der Waals surface area contributed by atoms with E-state index in [1.807, 2.05) is 12.1 Å². The van der Waals surface area contributed by atoms with Gasteiger partial charge in [-0.05, 0) is 52.8 Å². The number of ether oxygens (including phenoxy) is 1. The summed E-state index contributed by atoms with van der Waals surface area (Å²) in [5.41, 5.74) is 6.75. The molecule has 27 heavy (non-hydrogen) atoms. The Morgan fingerprint density at radius 2 is 1.19 bits per heavy atom. The molecule has 0 aromatic heterocycles. The molecule has 0 spiro atoms. The molecule has 0 fully saturated rings. The topological polar surface area (TPSA) is 9.23 Å². The number of rotatable bonds is 6.